The SMILES string of the molecule is CCN(C)C(=O)n1cnc(S(=O)(=O)N(C)C)n1. The number of rotatable bonds is 3. The predicted molar refractivity (Wildman–Crippen MR) is 60.0 cm³/mol. The summed E-state index contributed by atoms with van der Waals surface area (Å²) in [5.41, 5.74) is 0. The van der Waals surface area contributed by atoms with E-state index in [1.54, 1.807) is 14.0 Å². The molecule has 0 spiro atoms. The van der Waals surface area contributed by atoms with Crippen LogP contribution in [0.2, 0.25) is 0 Å². The van der Waals surface area contributed by atoms with Crippen LogP contribution in [-0.4, -0.2) is 66.1 Å². The minimum absolute atomic E-state index is 0.389. The van der Waals surface area contributed by atoms with Gasteiger partial charge in [-0.15, -0.1) is 5.10 Å². The molecule has 0 unspecified atom stereocenters. The first-order valence-corrected chi connectivity index (χ1v) is 6.34. The fraction of sp³-hybridized carbons (Fsp3) is 0.625. The molecule has 1 heterocycles. The Bertz CT molecular complexity index is 507. The van der Waals surface area contributed by atoms with Crippen molar-refractivity contribution in [3.8, 4) is 0 Å². The van der Waals surface area contributed by atoms with Gasteiger partial charge in [-0.1, -0.05) is 0 Å². The van der Waals surface area contributed by atoms with E-state index in [0.717, 1.165) is 15.3 Å². The molecule has 1 aromatic rings. The van der Waals surface area contributed by atoms with Crippen molar-refractivity contribution in [2.75, 3.05) is 27.7 Å². The van der Waals surface area contributed by atoms with Crippen molar-refractivity contribution in [1.82, 2.24) is 24.0 Å². The van der Waals surface area contributed by atoms with Crippen LogP contribution in [0, 0.1) is 0 Å². The normalized spacial score (nSPS) is 11.8. The standard InChI is InChI=1S/C8H15N5O3S/c1-5-12(4)8(14)13-6-9-7(10-13)17(15,16)11(2)3/h6H,5H2,1-4H3. The highest BCUT2D eigenvalue weighted by atomic mass is 32.2. The number of amides is 1. The topological polar surface area (TPSA) is 88.4 Å². The summed E-state index contributed by atoms with van der Waals surface area (Å²) < 4.78 is 25.2. The lowest BCUT2D eigenvalue weighted by atomic mass is 10.6. The van der Waals surface area contributed by atoms with E-state index in [0.29, 0.717) is 6.54 Å². The van der Waals surface area contributed by atoms with Gasteiger partial charge in [0.25, 0.3) is 15.2 Å². The Morgan fingerprint density at radius 3 is 2.47 bits per heavy atom. The number of nitrogens with zero attached hydrogens (tertiary/aromatic N) is 5. The number of hydrogen-bond donors (Lipinski definition) is 0. The van der Waals surface area contributed by atoms with Crippen molar-refractivity contribution >= 4 is 16.1 Å². The van der Waals surface area contributed by atoms with E-state index in [-0.39, 0.29) is 5.16 Å². The van der Waals surface area contributed by atoms with E-state index in [1.165, 1.54) is 19.0 Å². The van der Waals surface area contributed by atoms with Crippen molar-refractivity contribution in [3.63, 3.8) is 0 Å². The van der Waals surface area contributed by atoms with Crippen LogP contribution in [0.4, 0.5) is 4.79 Å². The molecule has 96 valence electrons. The monoisotopic (exact) mass is 261 g/mol. The van der Waals surface area contributed by atoms with Gasteiger partial charge in [-0.3, -0.25) is 0 Å². The van der Waals surface area contributed by atoms with Crippen LogP contribution in [0.15, 0.2) is 11.5 Å². The Balaban J connectivity index is 3.05. The van der Waals surface area contributed by atoms with Gasteiger partial charge in [0.1, 0.15) is 6.33 Å². The second-order valence-electron chi connectivity index (χ2n) is 3.56. The van der Waals surface area contributed by atoms with Gasteiger partial charge in [0, 0.05) is 27.7 Å². The highest BCUT2D eigenvalue weighted by Crippen LogP contribution is 2.06. The third kappa shape index (κ3) is 2.61. The van der Waals surface area contributed by atoms with E-state index in [1.807, 2.05) is 0 Å². The minimum atomic E-state index is -3.70. The molecule has 0 aliphatic heterocycles. The first-order chi connectivity index (χ1) is 7.80. The lowest BCUT2D eigenvalue weighted by Crippen LogP contribution is -2.31. The number of sulfonamides is 1. The summed E-state index contributed by atoms with van der Waals surface area (Å²) in [6, 6.07) is -0.430. The zero-order valence-corrected chi connectivity index (χ0v) is 11.0. The van der Waals surface area contributed by atoms with Gasteiger partial charge in [-0.05, 0) is 6.92 Å². The summed E-state index contributed by atoms with van der Waals surface area (Å²) in [5, 5.41) is 3.27. The third-order valence-corrected chi connectivity index (χ3v) is 3.79. The average Bonchev–Trinajstić information content (AvgIpc) is 2.76. The smallest absolute Gasteiger partial charge is 0.326 e. The van der Waals surface area contributed by atoms with E-state index in [2.05, 4.69) is 10.1 Å². The van der Waals surface area contributed by atoms with Gasteiger partial charge in [0.15, 0.2) is 0 Å². The lowest BCUT2D eigenvalue weighted by Gasteiger charge is -2.12. The maximum absolute atomic E-state index is 11.7. The van der Waals surface area contributed by atoms with Gasteiger partial charge < -0.3 is 4.90 Å². The zero-order valence-electron chi connectivity index (χ0n) is 10.2. The van der Waals surface area contributed by atoms with E-state index in [9.17, 15) is 13.2 Å². The fourth-order valence-corrected chi connectivity index (χ4v) is 1.63. The Labute approximate surface area is 99.9 Å². The van der Waals surface area contributed by atoms with Gasteiger partial charge >= 0.3 is 6.03 Å². The van der Waals surface area contributed by atoms with Crippen LogP contribution < -0.4 is 0 Å². The van der Waals surface area contributed by atoms with E-state index in [4.69, 9.17) is 0 Å². The molecule has 0 radical (unpaired) electrons. The first kappa shape index (κ1) is 13.6. The van der Waals surface area contributed by atoms with Crippen molar-refractivity contribution in [3.05, 3.63) is 6.33 Å². The predicted octanol–water partition coefficient (Wildman–Crippen LogP) is -0.552. The molecule has 1 aromatic heterocycles. The molecule has 0 aliphatic carbocycles. The summed E-state index contributed by atoms with van der Waals surface area (Å²) in [5.74, 6) is 0. The molecule has 0 aliphatic rings. The fourth-order valence-electron chi connectivity index (χ4n) is 0.932. The second kappa shape index (κ2) is 4.80. The molecule has 1 rings (SSSR count). The Kier molecular flexibility index (Phi) is 3.83. The number of carbonyl (C=O) groups is 1. The quantitative estimate of drug-likeness (QED) is 0.728. The molecule has 0 aromatic carbocycles. The number of aromatic nitrogens is 3. The molecule has 0 N–H and O–H groups in total. The average molecular weight is 261 g/mol. The summed E-state index contributed by atoms with van der Waals surface area (Å²) in [6.07, 6.45) is 1.09. The molecular weight excluding hydrogens is 246 g/mol. The summed E-state index contributed by atoms with van der Waals surface area (Å²) in [6.45, 7) is 2.29. The summed E-state index contributed by atoms with van der Waals surface area (Å²) in [7, 11) is 0.627. The van der Waals surface area contributed by atoms with Crippen LogP contribution in [0.25, 0.3) is 0 Å². The van der Waals surface area contributed by atoms with Crippen molar-refractivity contribution < 1.29 is 13.2 Å². The van der Waals surface area contributed by atoms with Crippen LogP contribution in [0.5, 0.6) is 0 Å². The Morgan fingerprint density at radius 2 is 2.00 bits per heavy atom. The van der Waals surface area contributed by atoms with Gasteiger partial charge in [0.2, 0.25) is 0 Å². The van der Waals surface area contributed by atoms with Gasteiger partial charge in [0.05, 0.1) is 0 Å². The zero-order chi connectivity index (χ0) is 13.2. The van der Waals surface area contributed by atoms with Gasteiger partial charge in [-0.2, -0.15) is 4.68 Å². The Hall–Kier alpha value is -1.48. The maximum Gasteiger partial charge on any atom is 0.345 e. The molecule has 0 fully saturated rings. The van der Waals surface area contributed by atoms with Crippen LogP contribution >= 0.6 is 0 Å². The minimum Gasteiger partial charge on any atom is -0.326 e. The number of carbonyl (C=O) groups excluding carboxylic acids is 1. The number of hydrogen-bond acceptors (Lipinski definition) is 5. The summed E-state index contributed by atoms with van der Waals surface area (Å²) >= 11 is 0. The van der Waals surface area contributed by atoms with Crippen molar-refractivity contribution in [2.24, 2.45) is 0 Å². The highest BCUT2D eigenvalue weighted by Gasteiger charge is 2.24. The molecule has 9 heteroatoms. The maximum atomic E-state index is 11.7. The Morgan fingerprint density at radius 1 is 1.41 bits per heavy atom. The van der Waals surface area contributed by atoms with Gasteiger partial charge in [-0.25, -0.2) is 22.5 Å². The van der Waals surface area contributed by atoms with Crippen LogP contribution in [-0.2, 0) is 10.0 Å². The molecule has 0 saturated carbocycles. The third-order valence-electron chi connectivity index (χ3n) is 2.18. The molecule has 17 heavy (non-hydrogen) atoms. The molecule has 0 atom stereocenters. The first-order valence-electron chi connectivity index (χ1n) is 4.90. The highest BCUT2D eigenvalue weighted by molar-refractivity contribution is 7.88. The second-order valence-corrected chi connectivity index (χ2v) is 5.60. The molecular formula is C8H15N5O3S. The molecule has 8 nitrogen and oxygen atoms in total. The molecule has 0 bridgehead atoms. The van der Waals surface area contributed by atoms with Crippen LogP contribution in [0.1, 0.15) is 6.92 Å². The van der Waals surface area contributed by atoms with E-state index >= 15 is 0 Å². The molecule has 1 amide bonds. The largest absolute Gasteiger partial charge is 0.345 e. The van der Waals surface area contributed by atoms with Crippen LogP contribution in [0.3, 0.4) is 0 Å². The van der Waals surface area contributed by atoms with Crippen molar-refractivity contribution in [1.29, 1.82) is 0 Å². The lowest BCUT2D eigenvalue weighted by molar-refractivity contribution is 0.209. The van der Waals surface area contributed by atoms with Crippen molar-refractivity contribution in [2.45, 2.75) is 12.1 Å². The van der Waals surface area contributed by atoms with E-state index < -0.39 is 16.1 Å². The summed E-state index contributed by atoms with van der Waals surface area (Å²) in [4.78, 5) is 16.7. The molecule has 0 saturated heterocycles.